The minimum atomic E-state index is -0.418. The number of hydrogen-bond donors (Lipinski definition) is 1. The van der Waals surface area contributed by atoms with Crippen LogP contribution in [-0.4, -0.2) is 36.0 Å². The molecule has 1 saturated carbocycles. The molecule has 1 amide bonds. The lowest BCUT2D eigenvalue weighted by atomic mass is 10.1. The van der Waals surface area contributed by atoms with Crippen LogP contribution in [0.15, 0.2) is 18.2 Å². The lowest BCUT2D eigenvalue weighted by molar-refractivity contribution is -0.144. The Bertz CT molecular complexity index is 509. The first kappa shape index (κ1) is 14.7. The molecular weight excluding hydrogens is 280 g/mol. The summed E-state index contributed by atoms with van der Waals surface area (Å²) in [5.74, 6) is -0.734. The summed E-state index contributed by atoms with van der Waals surface area (Å²) in [6.07, 6.45) is 1.77. The lowest BCUT2D eigenvalue weighted by Gasteiger charge is -2.22. The summed E-state index contributed by atoms with van der Waals surface area (Å²) < 4.78 is 4.90. The maximum Gasteiger partial charge on any atom is 0.325 e. The first-order valence-corrected chi connectivity index (χ1v) is 6.93. The Kier molecular flexibility index (Phi) is 4.49. The van der Waals surface area contributed by atoms with Gasteiger partial charge < -0.3 is 15.4 Å². The number of benzene rings is 1. The maximum atomic E-state index is 12.6. The van der Waals surface area contributed by atoms with Crippen molar-refractivity contribution < 1.29 is 14.3 Å². The van der Waals surface area contributed by atoms with Gasteiger partial charge in [0.1, 0.15) is 6.54 Å². The topological polar surface area (TPSA) is 72.6 Å². The first-order valence-electron chi connectivity index (χ1n) is 6.55. The van der Waals surface area contributed by atoms with Crippen molar-refractivity contribution in [2.45, 2.75) is 25.8 Å². The van der Waals surface area contributed by atoms with Gasteiger partial charge in [0.2, 0.25) is 0 Å². The van der Waals surface area contributed by atoms with Crippen LogP contribution in [0.2, 0.25) is 5.02 Å². The summed E-state index contributed by atoms with van der Waals surface area (Å²) in [6, 6.07) is 4.98. The van der Waals surface area contributed by atoms with Gasteiger partial charge in [0.15, 0.2) is 0 Å². The van der Waals surface area contributed by atoms with Crippen molar-refractivity contribution in [3.63, 3.8) is 0 Å². The summed E-state index contributed by atoms with van der Waals surface area (Å²) >= 11 is 6.05. The van der Waals surface area contributed by atoms with E-state index in [1.54, 1.807) is 25.1 Å². The Labute approximate surface area is 122 Å². The highest BCUT2D eigenvalue weighted by Gasteiger charge is 2.35. The van der Waals surface area contributed by atoms with Crippen LogP contribution in [0, 0.1) is 0 Å². The van der Waals surface area contributed by atoms with E-state index in [-0.39, 0.29) is 24.1 Å². The number of hydrogen-bond acceptors (Lipinski definition) is 4. The van der Waals surface area contributed by atoms with Gasteiger partial charge in [0.25, 0.3) is 5.91 Å². The number of esters is 1. The van der Waals surface area contributed by atoms with E-state index in [9.17, 15) is 9.59 Å². The van der Waals surface area contributed by atoms with Crippen molar-refractivity contribution in [2.24, 2.45) is 0 Å². The average molecular weight is 297 g/mol. The van der Waals surface area contributed by atoms with E-state index in [4.69, 9.17) is 22.1 Å². The van der Waals surface area contributed by atoms with Gasteiger partial charge in [-0.25, -0.2) is 0 Å². The minimum Gasteiger partial charge on any atom is -0.465 e. The van der Waals surface area contributed by atoms with Crippen LogP contribution in [0.5, 0.6) is 0 Å². The molecule has 6 heteroatoms. The highest BCUT2D eigenvalue weighted by Crippen LogP contribution is 2.31. The molecule has 5 nitrogen and oxygen atoms in total. The second-order valence-corrected chi connectivity index (χ2v) is 5.08. The molecule has 0 aromatic heterocycles. The van der Waals surface area contributed by atoms with Crippen LogP contribution in [-0.2, 0) is 9.53 Å². The van der Waals surface area contributed by atoms with Gasteiger partial charge in [0.05, 0.1) is 17.2 Å². The van der Waals surface area contributed by atoms with Crippen LogP contribution < -0.4 is 5.73 Å². The van der Waals surface area contributed by atoms with Crippen molar-refractivity contribution in [3.8, 4) is 0 Å². The highest BCUT2D eigenvalue weighted by molar-refractivity contribution is 6.34. The largest absolute Gasteiger partial charge is 0.465 e. The molecule has 1 aliphatic rings. The molecule has 1 fully saturated rings. The van der Waals surface area contributed by atoms with Gasteiger partial charge >= 0.3 is 5.97 Å². The maximum absolute atomic E-state index is 12.6. The normalized spacial score (nSPS) is 13.9. The smallest absolute Gasteiger partial charge is 0.325 e. The molecule has 1 aromatic carbocycles. The van der Waals surface area contributed by atoms with E-state index in [0.29, 0.717) is 17.3 Å². The van der Waals surface area contributed by atoms with Gasteiger partial charge in [-0.2, -0.15) is 0 Å². The van der Waals surface area contributed by atoms with E-state index in [1.165, 1.54) is 4.90 Å². The molecule has 2 N–H and O–H groups in total. The number of carbonyl (C=O) groups excluding carboxylic acids is 2. The van der Waals surface area contributed by atoms with Crippen molar-refractivity contribution in [1.29, 1.82) is 0 Å². The van der Waals surface area contributed by atoms with E-state index >= 15 is 0 Å². The molecule has 0 saturated heterocycles. The zero-order valence-corrected chi connectivity index (χ0v) is 12.0. The zero-order chi connectivity index (χ0) is 14.7. The second-order valence-electron chi connectivity index (χ2n) is 4.67. The molecule has 0 radical (unpaired) electrons. The van der Waals surface area contributed by atoms with Crippen LogP contribution >= 0.6 is 11.6 Å². The van der Waals surface area contributed by atoms with E-state index in [0.717, 1.165) is 12.8 Å². The van der Waals surface area contributed by atoms with Gasteiger partial charge in [-0.1, -0.05) is 17.7 Å². The first-order chi connectivity index (χ1) is 9.54. The highest BCUT2D eigenvalue weighted by atomic mass is 35.5. The standard InChI is InChI=1S/C14H17ClN2O3/c1-2-20-12(18)8-17(9-6-7-9)14(19)13-10(15)4-3-5-11(13)16/h3-5,9H,2,6-8,16H2,1H3. The fourth-order valence-electron chi connectivity index (χ4n) is 2.01. The van der Waals surface area contributed by atoms with Gasteiger partial charge in [-0.15, -0.1) is 0 Å². The number of nitrogens with zero attached hydrogens (tertiary/aromatic N) is 1. The summed E-state index contributed by atoms with van der Waals surface area (Å²) in [4.78, 5) is 25.7. The van der Waals surface area contributed by atoms with Crippen LogP contribution in [0.4, 0.5) is 5.69 Å². The molecule has 1 aliphatic carbocycles. The molecule has 0 bridgehead atoms. The number of amides is 1. The number of halogens is 1. The van der Waals surface area contributed by atoms with Crippen molar-refractivity contribution in [2.75, 3.05) is 18.9 Å². The zero-order valence-electron chi connectivity index (χ0n) is 11.3. The molecule has 0 spiro atoms. The predicted molar refractivity (Wildman–Crippen MR) is 76.6 cm³/mol. The van der Waals surface area contributed by atoms with Crippen LogP contribution in [0.25, 0.3) is 0 Å². The summed E-state index contributed by atoms with van der Waals surface area (Å²) in [7, 11) is 0. The Morgan fingerprint density at radius 3 is 2.70 bits per heavy atom. The fourth-order valence-corrected chi connectivity index (χ4v) is 2.27. The van der Waals surface area contributed by atoms with Gasteiger partial charge in [-0.3, -0.25) is 9.59 Å². The van der Waals surface area contributed by atoms with Crippen molar-refractivity contribution in [3.05, 3.63) is 28.8 Å². The molecule has 20 heavy (non-hydrogen) atoms. The number of carbonyl (C=O) groups is 2. The number of anilines is 1. The Balaban J connectivity index is 2.21. The van der Waals surface area contributed by atoms with E-state index in [2.05, 4.69) is 0 Å². The quantitative estimate of drug-likeness (QED) is 0.667. The average Bonchev–Trinajstić information content (AvgIpc) is 3.20. The summed E-state index contributed by atoms with van der Waals surface area (Å²) in [5, 5.41) is 0.296. The van der Waals surface area contributed by atoms with Gasteiger partial charge in [0, 0.05) is 11.7 Å². The third kappa shape index (κ3) is 3.22. The third-order valence-electron chi connectivity index (χ3n) is 3.11. The number of ether oxygens (including phenoxy) is 1. The molecule has 0 aliphatic heterocycles. The molecule has 1 aromatic rings. The predicted octanol–water partition coefficient (Wildman–Crippen LogP) is 2.09. The Morgan fingerprint density at radius 1 is 1.45 bits per heavy atom. The lowest BCUT2D eigenvalue weighted by Crippen LogP contribution is -2.38. The molecule has 0 unspecified atom stereocenters. The Hall–Kier alpha value is -1.75. The van der Waals surface area contributed by atoms with Crippen molar-refractivity contribution in [1.82, 2.24) is 4.90 Å². The summed E-state index contributed by atoms with van der Waals surface area (Å²) in [6.45, 7) is 1.95. The van der Waals surface area contributed by atoms with E-state index < -0.39 is 5.97 Å². The second kappa shape index (κ2) is 6.13. The van der Waals surface area contributed by atoms with Crippen molar-refractivity contribution >= 4 is 29.2 Å². The number of nitrogens with two attached hydrogens (primary N) is 1. The minimum absolute atomic E-state index is 0.0675. The summed E-state index contributed by atoms with van der Waals surface area (Å²) in [5.41, 5.74) is 6.39. The molecule has 0 heterocycles. The monoisotopic (exact) mass is 296 g/mol. The van der Waals surface area contributed by atoms with Gasteiger partial charge in [-0.05, 0) is 31.9 Å². The van der Waals surface area contributed by atoms with Crippen LogP contribution in [0.3, 0.4) is 0 Å². The SMILES string of the molecule is CCOC(=O)CN(C(=O)c1c(N)cccc1Cl)C1CC1. The Morgan fingerprint density at radius 2 is 2.15 bits per heavy atom. The van der Waals surface area contributed by atoms with E-state index in [1.807, 2.05) is 0 Å². The fraction of sp³-hybridized carbons (Fsp3) is 0.429. The van der Waals surface area contributed by atoms with Crippen LogP contribution in [0.1, 0.15) is 30.1 Å². The molecule has 2 rings (SSSR count). The number of rotatable bonds is 5. The third-order valence-corrected chi connectivity index (χ3v) is 3.43. The molecular formula is C14H17ClN2O3. The number of nitrogen functional groups attached to an aromatic ring is 1. The molecule has 0 atom stereocenters. The molecule has 108 valence electrons.